The first-order valence-corrected chi connectivity index (χ1v) is 8.62. The highest BCUT2D eigenvalue weighted by atomic mass is 16.5. The molecule has 2 heteroatoms. The number of nitrogens with zero attached hydrogens (tertiary/aromatic N) is 1. The zero-order valence-corrected chi connectivity index (χ0v) is 13.6. The van der Waals surface area contributed by atoms with Crippen molar-refractivity contribution in [1.29, 1.82) is 0 Å². The van der Waals surface area contributed by atoms with E-state index in [0.29, 0.717) is 0 Å². The first kappa shape index (κ1) is 14.9. The van der Waals surface area contributed by atoms with Crippen LogP contribution in [0.3, 0.4) is 0 Å². The first-order valence-electron chi connectivity index (χ1n) is 8.62. The summed E-state index contributed by atoms with van der Waals surface area (Å²) in [6.07, 6.45) is 10.1. The molecule has 2 unspecified atom stereocenters. The fraction of sp³-hybridized carbons (Fsp3) is 0.684. The highest BCUT2D eigenvalue weighted by Gasteiger charge is 2.32. The largest absolute Gasteiger partial charge is 0.496 e. The standard InChI is InChI=1S/C10H12O.C9H17N/c1-11-10-5-3-2-4-9(10)8-6-7-8;1-10-7-6-8-4-2-3-5-9(8)10/h2-5,8H,6-7H2,1H3;8-9H,2-7H2,1H3. The molecule has 1 aromatic rings. The quantitative estimate of drug-likeness (QED) is 0.796. The van der Waals surface area contributed by atoms with E-state index < -0.39 is 0 Å². The topological polar surface area (TPSA) is 12.5 Å². The summed E-state index contributed by atoms with van der Waals surface area (Å²) in [4.78, 5) is 2.56. The Kier molecular flexibility index (Phi) is 4.84. The van der Waals surface area contributed by atoms with Crippen LogP contribution in [-0.2, 0) is 0 Å². The van der Waals surface area contributed by atoms with Crippen LogP contribution >= 0.6 is 0 Å². The number of fused-ring (bicyclic) bond motifs is 1. The van der Waals surface area contributed by atoms with Crippen LogP contribution in [0.4, 0.5) is 0 Å². The molecule has 0 N–H and O–H groups in total. The lowest BCUT2D eigenvalue weighted by Crippen LogP contribution is -2.31. The van der Waals surface area contributed by atoms with Crippen molar-refractivity contribution in [2.75, 3.05) is 20.7 Å². The van der Waals surface area contributed by atoms with E-state index in [1.165, 1.54) is 57.1 Å². The Morgan fingerprint density at radius 1 is 1.00 bits per heavy atom. The molecule has 1 saturated heterocycles. The molecule has 2 aliphatic carbocycles. The molecule has 0 bridgehead atoms. The van der Waals surface area contributed by atoms with Gasteiger partial charge in [0.2, 0.25) is 0 Å². The first-order chi connectivity index (χ1) is 10.3. The molecule has 3 aliphatic rings. The van der Waals surface area contributed by atoms with Crippen molar-refractivity contribution in [3.8, 4) is 5.75 Å². The maximum atomic E-state index is 5.25. The highest BCUT2D eigenvalue weighted by molar-refractivity contribution is 5.38. The Bertz CT molecular complexity index is 453. The second-order valence-corrected chi connectivity index (χ2v) is 6.90. The van der Waals surface area contributed by atoms with Gasteiger partial charge in [-0.25, -0.2) is 0 Å². The van der Waals surface area contributed by atoms with Crippen LogP contribution in [0.2, 0.25) is 0 Å². The van der Waals surface area contributed by atoms with E-state index >= 15 is 0 Å². The highest BCUT2D eigenvalue weighted by Crippen LogP contribution is 2.43. The number of hydrogen-bond acceptors (Lipinski definition) is 2. The van der Waals surface area contributed by atoms with Gasteiger partial charge in [0.05, 0.1) is 7.11 Å². The number of para-hydroxylation sites is 1. The molecular weight excluding hydrogens is 258 g/mol. The van der Waals surface area contributed by atoms with Crippen molar-refractivity contribution in [3.63, 3.8) is 0 Å². The number of likely N-dealkylation sites (tertiary alicyclic amines) is 1. The number of methoxy groups -OCH3 is 1. The minimum absolute atomic E-state index is 0.783. The van der Waals surface area contributed by atoms with Crippen LogP contribution in [0, 0.1) is 5.92 Å². The van der Waals surface area contributed by atoms with Crippen molar-refractivity contribution in [3.05, 3.63) is 29.8 Å². The molecule has 0 amide bonds. The number of ether oxygens (including phenoxy) is 1. The molecule has 3 fully saturated rings. The molecule has 21 heavy (non-hydrogen) atoms. The summed E-state index contributed by atoms with van der Waals surface area (Å²) in [6, 6.07) is 9.26. The molecule has 0 aromatic heterocycles. The van der Waals surface area contributed by atoms with Crippen molar-refractivity contribution >= 4 is 0 Å². The monoisotopic (exact) mass is 287 g/mol. The third-order valence-electron chi connectivity index (χ3n) is 5.44. The Balaban J connectivity index is 0.000000126. The summed E-state index contributed by atoms with van der Waals surface area (Å²) in [5, 5.41) is 0. The summed E-state index contributed by atoms with van der Waals surface area (Å²) >= 11 is 0. The Labute approximate surface area is 129 Å². The Morgan fingerprint density at radius 2 is 1.76 bits per heavy atom. The number of rotatable bonds is 2. The van der Waals surface area contributed by atoms with Crippen LogP contribution in [0.15, 0.2) is 24.3 Å². The van der Waals surface area contributed by atoms with Crippen LogP contribution < -0.4 is 4.74 Å². The predicted octanol–water partition coefficient (Wildman–Crippen LogP) is 4.45. The molecule has 2 saturated carbocycles. The fourth-order valence-corrected chi connectivity index (χ4v) is 4.04. The third-order valence-corrected chi connectivity index (χ3v) is 5.44. The van der Waals surface area contributed by atoms with E-state index in [0.717, 1.165) is 23.6 Å². The van der Waals surface area contributed by atoms with E-state index in [1.807, 2.05) is 12.1 Å². The SMILES string of the molecule is CN1CCC2CCCCC21.COc1ccccc1C1CC1. The van der Waals surface area contributed by atoms with Crippen molar-refractivity contribution in [2.24, 2.45) is 5.92 Å². The second-order valence-electron chi connectivity index (χ2n) is 6.90. The van der Waals surface area contributed by atoms with Gasteiger partial charge in [0.15, 0.2) is 0 Å². The van der Waals surface area contributed by atoms with E-state index in [4.69, 9.17) is 4.74 Å². The van der Waals surface area contributed by atoms with Crippen molar-refractivity contribution in [2.45, 2.75) is 56.9 Å². The second kappa shape index (κ2) is 6.83. The summed E-state index contributed by atoms with van der Waals surface area (Å²) in [6.45, 7) is 1.36. The van der Waals surface area contributed by atoms with Crippen LogP contribution in [-0.4, -0.2) is 31.6 Å². The average Bonchev–Trinajstić information content (AvgIpc) is 3.32. The van der Waals surface area contributed by atoms with Crippen LogP contribution in [0.5, 0.6) is 5.75 Å². The van der Waals surface area contributed by atoms with Crippen LogP contribution in [0.25, 0.3) is 0 Å². The lowest BCUT2D eigenvalue weighted by Gasteiger charge is -2.28. The van der Waals surface area contributed by atoms with Crippen LogP contribution in [0.1, 0.15) is 56.4 Å². The minimum Gasteiger partial charge on any atom is -0.496 e. The van der Waals surface area contributed by atoms with Gasteiger partial charge in [0.1, 0.15) is 5.75 Å². The number of hydrogen-bond donors (Lipinski definition) is 0. The van der Waals surface area contributed by atoms with Gasteiger partial charge in [-0.1, -0.05) is 31.0 Å². The van der Waals surface area contributed by atoms with E-state index in [9.17, 15) is 0 Å². The fourth-order valence-electron chi connectivity index (χ4n) is 4.04. The van der Waals surface area contributed by atoms with E-state index in [2.05, 4.69) is 24.1 Å². The van der Waals surface area contributed by atoms with Gasteiger partial charge in [0, 0.05) is 6.04 Å². The zero-order chi connectivity index (χ0) is 14.7. The molecule has 1 aliphatic heterocycles. The predicted molar refractivity (Wildman–Crippen MR) is 88.0 cm³/mol. The normalized spacial score (nSPS) is 28.5. The summed E-state index contributed by atoms with van der Waals surface area (Å²) in [7, 11) is 4.03. The minimum atomic E-state index is 0.783. The summed E-state index contributed by atoms with van der Waals surface area (Å²) in [5.74, 6) is 2.90. The van der Waals surface area contributed by atoms with Gasteiger partial charge >= 0.3 is 0 Å². The third kappa shape index (κ3) is 3.60. The lowest BCUT2D eigenvalue weighted by atomic mass is 9.85. The summed E-state index contributed by atoms with van der Waals surface area (Å²) in [5.41, 5.74) is 1.38. The molecule has 2 nitrogen and oxygen atoms in total. The Morgan fingerprint density at radius 3 is 2.48 bits per heavy atom. The van der Waals surface area contributed by atoms with Gasteiger partial charge in [-0.2, -0.15) is 0 Å². The lowest BCUT2D eigenvalue weighted by molar-refractivity contribution is 0.215. The molecule has 2 atom stereocenters. The van der Waals surface area contributed by atoms with Gasteiger partial charge in [-0.05, 0) is 69.2 Å². The molecule has 0 radical (unpaired) electrons. The van der Waals surface area contributed by atoms with Gasteiger partial charge in [-0.15, -0.1) is 0 Å². The maximum absolute atomic E-state index is 5.25. The summed E-state index contributed by atoms with van der Waals surface area (Å²) < 4.78 is 5.25. The maximum Gasteiger partial charge on any atom is 0.122 e. The smallest absolute Gasteiger partial charge is 0.122 e. The molecular formula is C19H29NO. The van der Waals surface area contributed by atoms with Gasteiger partial charge in [-0.3, -0.25) is 0 Å². The molecule has 1 aromatic carbocycles. The van der Waals surface area contributed by atoms with Crippen molar-refractivity contribution < 1.29 is 4.74 Å². The zero-order valence-electron chi connectivity index (χ0n) is 13.6. The average molecular weight is 287 g/mol. The Hall–Kier alpha value is -1.02. The van der Waals surface area contributed by atoms with Gasteiger partial charge in [0.25, 0.3) is 0 Å². The molecule has 0 spiro atoms. The number of benzene rings is 1. The van der Waals surface area contributed by atoms with E-state index in [1.54, 1.807) is 7.11 Å². The van der Waals surface area contributed by atoms with Crippen molar-refractivity contribution in [1.82, 2.24) is 4.90 Å². The van der Waals surface area contributed by atoms with Gasteiger partial charge < -0.3 is 9.64 Å². The molecule has 1 heterocycles. The van der Waals surface area contributed by atoms with E-state index in [-0.39, 0.29) is 0 Å². The molecule has 4 rings (SSSR count). The molecule has 116 valence electrons.